The molecule has 0 bridgehead atoms. The van der Waals surface area contributed by atoms with Crippen LogP contribution in [0.4, 0.5) is 10.8 Å². The quantitative estimate of drug-likeness (QED) is 0.465. The van der Waals surface area contributed by atoms with Crippen molar-refractivity contribution in [2.75, 3.05) is 16.3 Å². The lowest BCUT2D eigenvalue weighted by molar-refractivity contribution is -0.121. The van der Waals surface area contributed by atoms with Crippen LogP contribution in [0, 0.1) is 6.92 Å². The molecule has 33 heavy (non-hydrogen) atoms. The van der Waals surface area contributed by atoms with Gasteiger partial charge in [0.05, 0.1) is 16.6 Å². The SMILES string of the molecule is CCCN1C(=O)C2(c3ccccc31)c1c(oc3ccccc3c1=O)C(=O)N2c1nnc(C)s1. The monoisotopic (exact) mass is 458 g/mol. The lowest BCUT2D eigenvalue weighted by Gasteiger charge is -2.32. The summed E-state index contributed by atoms with van der Waals surface area (Å²) in [6, 6.07) is 14.0. The van der Waals surface area contributed by atoms with E-state index >= 15 is 0 Å². The van der Waals surface area contributed by atoms with E-state index in [4.69, 9.17) is 4.42 Å². The number of amides is 2. The molecule has 2 aliphatic heterocycles. The Morgan fingerprint density at radius 2 is 1.79 bits per heavy atom. The van der Waals surface area contributed by atoms with Crippen LogP contribution >= 0.6 is 11.3 Å². The van der Waals surface area contributed by atoms with E-state index in [2.05, 4.69) is 10.2 Å². The second kappa shape index (κ2) is 6.82. The van der Waals surface area contributed by atoms with E-state index in [1.165, 1.54) is 16.2 Å². The van der Waals surface area contributed by atoms with Gasteiger partial charge in [-0.15, -0.1) is 10.2 Å². The topological polar surface area (TPSA) is 96.6 Å². The van der Waals surface area contributed by atoms with Gasteiger partial charge in [-0.05, 0) is 31.5 Å². The van der Waals surface area contributed by atoms with Gasteiger partial charge in [0.2, 0.25) is 10.9 Å². The van der Waals surface area contributed by atoms with Crippen LogP contribution in [-0.2, 0) is 10.3 Å². The number of carbonyl (C=O) groups is 2. The first-order valence-corrected chi connectivity index (χ1v) is 11.4. The third kappa shape index (κ3) is 2.37. The Kier molecular flexibility index (Phi) is 4.09. The highest BCUT2D eigenvalue weighted by atomic mass is 32.1. The predicted octanol–water partition coefficient (Wildman–Crippen LogP) is 3.61. The highest BCUT2D eigenvalue weighted by Crippen LogP contribution is 2.54. The first-order valence-electron chi connectivity index (χ1n) is 10.6. The molecule has 1 spiro atoms. The number of fused-ring (bicyclic) bond motifs is 5. The zero-order valence-electron chi connectivity index (χ0n) is 17.9. The average Bonchev–Trinajstić information content (AvgIpc) is 3.43. The first-order chi connectivity index (χ1) is 16.0. The smallest absolute Gasteiger partial charge is 0.297 e. The molecule has 0 saturated heterocycles. The van der Waals surface area contributed by atoms with E-state index in [9.17, 15) is 14.4 Å². The molecule has 1 unspecified atom stereocenters. The summed E-state index contributed by atoms with van der Waals surface area (Å²) >= 11 is 1.19. The van der Waals surface area contributed by atoms with Gasteiger partial charge < -0.3 is 9.32 Å². The number of benzene rings is 2. The van der Waals surface area contributed by atoms with Crippen molar-refractivity contribution in [3.8, 4) is 0 Å². The molecule has 4 heterocycles. The summed E-state index contributed by atoms with van der Waals surface area (Å²) in [6.45, 7) is 4.19. The van der Waals surface area contributed by atoms with Crippen molar-refractivity contribution in [2.45, 2.75) is 25.8 Å². The molecule has 0 fully saturated rings. The summed E-state index contributed by atoms with van der Waals surface area (Å²) in [5.41, 5.74) is -0.533. The number of aromatic nitrogens is 2. The molecule has 0 saturated carbocycles. The number of para-hydroxylation sites is 2. The van der Waals surface area contributed by atoms with Crippen LogP contribution in [0.15, 0.2) is 57.7 Å². The number of nitrogens with zero attached hydrogens (tertiary/aromatic N) is 4. The number of rotatable bonds is 3. The zero-order chi connectivity index (χ0) is 22.9. The molecule has 2 aromatic heterocycles. The number of carbonyl (C=O) groups excluding carboxylic acids is 2. The first kappa shape index (κ1) is 19.8. The Hall–Kier alpha value is -3.85. The fourth-order valence-corrected chi connectivity index (χ4v) is 5.67. The summed E-state index contributed by atoms with van der Waals surface area (Å²) in [4.78, 5) is 45.0. The summed E-state index contributed by atoms with van der Waals surface area (Å²) < 4.78 is 6.00. The molecule has 8 nitrogen and oxygen atoms in total. The van der Waals surface area contributed by atoms with Gasteiger partial charge in [-0.2, -0.15) is 0 Å². The summed E-state index contributed by atoms with van der Waals surface area (Å²) in [7, 11) is 0. The third-order valence-electron chi connectivity index (χ3n) is 6.19. The minimum absolute atomic E-state index is 0.0371. The van der Waals surface area contributed by atoms with Crippen LogP contribution in [0.25, 0.3) is 11.0 Å². The van der Waals surface area contributed by atoms with Crippen molar-refractivity contribution in [1.29, 1.82) is 0 Å². The molecule has 4 aromatic rings. The van der Waals surface area contributed by atoms with Gasteiger partial charge in [-0.3, -0.25) is 19.3 Å². The lowest BCUT2D eigenvalue weighted by atomic mass is 9.84. The minimum atomic E-state index is -1.70. The van der Waals surface area contributed by atoms with Gasteiger partial charge in [0.25, 0.3) is 11.8 Å². The molecule has 9 heteroatoms. The van der Waals surface area contributed by atoms with E-state index in [0.717, 1.165) is 0 Å². The highest BCUT2D eigenvalue weighted by Gasteiger charge is 2.66. The van der Waals surface area contributed by atoms with Gasteiger partial charge in [0, 0.05) is 12.1 Å². The molecule has 1 atom stereocenters. The fraction of sp³-hybridized carbons (Fsp3) is 0.208. The van der Waals surface area contributed by atoms with Crippen molar-refractivity contribution < 1.29 is 14.0 Å². The Labute approximate surface area is 192 Å². The molecule has 0 aliphatic carbocycles. The molecule has 0 N–H and O–H groups in total. The Morgan fingerprint density at radius 1 is 1.03 bits per heavy atom. The van der Waals surface area contributed by atoms with Gasteiger partial charge in [-0.25, -0.2) is 0 Å². The summed E-state index contributed by atoms with van der Waals surface area (Å²) in [6.07, 6.45) is 0.710. The molecule has 6 rings (SSSR count). The molecular formula is C24H18N4O4S. The van der Waals surface area contributed by atoms with Gasteiger partial charge in [0.1, 0.15) is 10.6 Å². The number of hydrogen-bond acceptors (Lipinski definition) is 7. The Balaban J connectivity index is 1.78. The van der Waals surface area contributed by atoms with Crippen LogP contribution in [0.5, 0.6) is 0 Å². The largest absolute Gasteiger partial charge is 0.450 e. The zero-order valence-corrected chi connectivity index (χ0v) is 18.7. The lowest BCUT2D eigenvalue weighted by Crippen LogP contribution is -2.53. The van der Waals surface area contributed by atoms with Crippen LogP contribution in [0.2, 0.25) is 0 Å². The molecule has 2 amide bonds. The normalized spacial score (nSPS) is 19.1. The maximum absolute atomic E-state index is 14.3. The second-order valence-corrected chi connectivity index (χ2v) is 9.22. The minimum Gasteiger partial charge on any atom is -0.450 e. The molecular weight excluding hydrogens is 440 g/mol. The van der Waals surface area contributed by atoms with E-state index in [1.807, 2.05) is 19.1 Å². The van der Waals surface area contributed by atoms with E-state index in [1.54, 1.807) is 48.2 Å². The van der Waals surface area contributed by atoms with Gasteiger partial charge in [-0.1, -0.05) is 48.6 Å². The van der Waals surface area contributed by atoms with Crippen molar-refractivity contribution in [1.82, 2.24) is 10.2 Å². The molecule has 164 valence electrons. The van der Waals surface area contributed by atoms with Crippen molar-refractivity contribution in [2.24, 2.45) is 0 Å². The third-order valence-corrected chi connectivity index (χ3v) is 7.01. The standard InChI is InChI=1S/C24H18N4O4S/c1-3-12-27-16-10-6-5-9-15(16)24(22(27)31)18-19(29)14-8-4-7-11-17(14)32-20(18)21(30)28(24)23-26-25-13(2)33-23/h4-11H,3,12H2,1-2H3. The predicted molar refractivity (Wildman–Crippen MR) is 124 cm³/mol. The molecule has 2 aliphatic rings. The van der Waals surface area contributed by atoms with Crippen LogP contribution in [-0.4, -0.2) is 28.6 Å². The van der Waals surface area contributed by atoms with Crippen molar-refractivity contribution in [3.63, 3.8) is 0 Å². The number of anilines is 2. The maximum Gasteiger partial charge on any atom is 0.297 e. The van der Waals surface area contributed by atoms with E-state index < -0.39 is 16.9 Å². The van der Waals surface area contributed by atoms with Crippen LogP contribution in [0.1, 0.15) is 40.0 Å². The molecule has 2 aromatic carbocycles. The van der Waals surface area contributed by atoms with Crippen LogP contribution in [0.3, 0.4) is 0 Å². The van der Waals surface area contributed by atoms with E-state index in [0.29, 0.717) is 40.2 Å². The maximum atomic E-state index is 14.3. The van der Waals surface area contributed by atoms with Crippen molar-refractivity contribution >= 4 is 44.9 Å². The highest BCUT2D eigenvalue weighted by molar-refractivity contribution is 7.15. The van der Waals surface area contributed by atoms with E-state index in [-0.39, 0.29) is 22.4 Å². The average molecular weight is 458 g/mol. The summed E-state index contributed by atoms with van der Waals surface area (Å²) in [5.74, 6) is -1.08. The second-order valence-electron chi connectivity index (χ2n) is 8.06. The number of aryl methyl sites for hydroxylation is 1. The van der Waals surface area contributed by atoms with Gasteiger partial charge >= 0.3 is 0 Å². The number of hydrogen-bond donors (Lipinski definition) is 0. The Bertz CT molecular complexity index is 1540. The summed E-state index contributed by atoms with van der Waals surface area (Å²) in [5, 5.41) is 9.45. The fourth-order valence-electron chi connectivity index (χ4n) is 4.93. The van der Waals surface area contributed by atoms with Crippen molar-refractivity contribution in [3.05, 3.63) is 80.6 Å². The van der Waals surface area contributed by atoms with Crippen LogP contribution < -0.4 is 15.2 Å². The van der Waals surface area contributed by atoms with Gasteiger partial charge in [0.15, 0.2) is 11.0 Å². The Morgan fingerprint density at radius 3 is 2.55 bits per heavy atom. The molecule has 0 radical (unpaired) electrons.